The quantitative estimate of drug-likeness (QED) is 0.668. The van der Waals surface area contributed by atoms with Crippen molar-refractivity contribution in [3.05, 3.63) is 70.1 Å². The van der Waals surface area contributed by atoms with Crippen molar-refractivity contribution in [3.63, 3.8) is 0 Å². The van der Waals surface area contributed by atoms with Crippen LogP contribution >= 0.6 is 0 Å². The Hall–Kier alpha value is -3.28. The first-order chi connectivity index (χ1) is 13.4. The van der Waals surface area contributed by atoms with Crippen LogP contribution < -0.4 is 14.8 Å². The van der Waals surface area contributed by atoms with Crippen LogP contribution in [-0.4, -0.2) is 18.2 Å². The molecule has 0 unspecified atom stereocenters. The summed E-state index contributed by atoms with van der Waals surface area (Å²) >= 11 is 0. The number of carbonyl (C=O) groups is 1. The van der Waals surface area contributed by atoms with Gasteiger partial charge in [0.25, 0.3) is 5.91 Å². The molecule has 0 radical (unpaired) electrons. The molecular weight excluding hydrogens is 356 g/mol. The van der Waals surface area contributed by atoms with Gasteiger partial charge in [0.05, 0.1) is 18.4 Å². The molecule has 0 aliphatic heterocycles. The van der Waals surface area contributed by atoms with E-state index >= 15 is 0 Å². The molecule has 1 amide bonds. The lowest BCUT2D eigenvalue weighted by Crippen LogP contribution is -2.13. The van der Waals surface area contributed by atoms with E-state index in [1.807, 2.05) is 45.9 Å². The zero-order valence-corrected chi connectivity index (χ0v) is 16.8. The average molecular weight is 380 g/mol. The zero-order valence-electron chi connectivity index (χ0n) is 16.8. The maximum Gasteiger partial charge on any atom is 0.255 e. The van der Waals surface area contributed by atoms with Crippen molar-refractivity contribution in [3.8, 4) is 11.5 Å². The molecule has 0 atom stereocenters. The molecule has 0 aliphatic carbocycles. The van der Waals surface area contributed by atoms with Crippen LogP contribution in [0.1, 0.15) is 38.5 Å². The van der Waals surface area contributed by atoms with Gasteiger partial charge >= 0.3 is 0 Å². The summed E-state index contributed by atoms with van der Waals surface area (Å²) < 4.78 is 16.4. The number of rotatable bonds is 6. The van der Waals surface area contributed by atoms with Crippen molar-refractivity contribution in [1.29, 1.82) is 0 Å². The van der Waals surface area contributed by atoms with E-state index in [1.54, 1.807) is 25.3 Å². The Morgan fingerprint density at radius 2 is 1.89 bits per heavy atom. The summed E-state index contributed by atoms with van der Waals surface area (Å²) in [5, 5.41) is 6.87. The lowest BCUT2D eigenvalue weighted by molar-refractivity contribution is 0.102. The lowest BCUT2D eigenvalue weighted by atomic mass is 10.1. The highest BCUT2D eigenvalue weighted by Gasteiger charge is 2.15. The molecule has 0 fully saturated rings. The monoisotopic (exact) mass is 380 g/mol. The van der Waals surface area contributed by atoms with Gasteiger partial charge in [-0.15, -0.1) is 0 Å². The first kappa shape index (κ1) is 19.5. The molecular formula is C22H24N2O4. The van der Waals surface area contributed by atoms with Gasteiger partial charge in [-0.3, -0.25) is 4.79 Å². The Balaban J connectivity index is 1.77. The fraction of sp³-hybridized carbons (Fsp3) is 0.273. The van der Waals surface area contributed by atoms with Gasteiger partial charge in [-0.05, 0) is 63.1 Å². The van der Waals surface area contributed by atoms with Crippen LogP contribution in [0, 0.1) is 27.7 Å². The van der Waals surface area contributed by atoms with Crippen molar-refractivity contribution in [1.82, 2.24) is 5.16 Å². The van der Waals surface area contributed by atoms with Gasteiger partial charge in [-0.1, -0.05) is 17.3 Å². The molecule has 0 spiro atoms. The van der Waals surface area contributed by atoms with Gasteiger partial charge in [0, 0.05) is 11.3 Å². The number of nitrogens with one attached hydrogen (secondary N) is 1. The van der Waals surface area contributed by atoms with Crippen molar-refractivity contribution in [2.24, 2.45) is 0 Å². The van der Waals surface area contributed by atoms with Gasteiger partial charge in [-0.2, -0.15) is 0 Å². The molecule has 6 heteroatoms. The second kappa shape index (κ2) is 8.17. The normalized spacial score (nSPS) is 10.6. The van der Waals surface area contributed by atoms with Crippen LogP contribution in [-0.2, 0) is 6.61 Å². The van der Waals surface area contributed by atoms with Crippen molar-refractivity contribution < 1.29 is 18.8 Å². The maximum absolute atomic E-state index is 12.7. The van der Waals surface area contributed by atoms with E-state index in [4.69, 9.17) is 14.0 Å². The SMILES string of the molecule is COc1cc(C(=O)Nc2cccc(C)c2C)ccc1OCc1c(C)noc1C. The highest BCUT2D eigenvalue weighted by Crippen LogP contribution is 2.30. The molecule has 0 aliphatic rings. The van der Waals surface area contributed by atoms with E-state index in [0.717, 1.165) is 33.8 Å². The Bertz CT molecular complexity index is 988. The molecule has 1 heterocycles. The van der Waals surface area contributed by atoms with Crippen LogP contribution in [0.2, 0.25) is 0 Å². The summed E-state index contributed by atoms with van der Waals surface area (Å²) in [6.45, 7) is 8.02. The van der Waals surface area contributed by atoms with Crippen molar-refractivity contribution >= 4 is 11.6 Å². The summed E-state index contributed by atoms with van der Waals surface area (Å²) in [6.07, 6.45) is 0. The number of carbonyl (C=O) groups excluding carboxylic acids is 1. The van der Waals surface area contributed by atoms with E-state index in [0.29, 0.717) is 23.7 Å². The van der Waals surface area contributed by atoms with Crippen LogP contribution in [0.25, 0.3) is 0 Å². The topological polar surface area (TPSA) is 73.6 Å². The predicted molar refractivity (Wildman–Crippen MR) is 107 cm³/mol. The first-order valence-corrected chi connectivity index (χ1v) is 9.01. The minimum atomic E-state index is -0.204. The highest BCUT2D eigenvalue weighted by atomic mass is 16.5. The van der Waals surface area contributed by atoms with Crippen LogP contribution in [0.3, 0.4) is 0 Å². The number of aromatic nitrogens is 1. The van der Waals surface area contributed by atoms with E-state index < -0.39 is 0 Å². The number of ether oxygens (including phenoxy) is 2. The molecule has 28 heavy (non-hydrogen) atoms. The standard InChI is InChI=1S/C22H24N2O4/c1-13-7-6-8-19(14(13)2)23-22(25)17-9-10-20(21(11-17)26-5)27-12-18-15(3)24-28-16(18)4/h6-11H,12H2,1-5H3,(H,23,25). The Morgan fingerprint density at radius 1 is 1.11 bits per heavy atom. The smallest absolute Gasteiger partial charge is 0.255 e. The predicted octanol–water partition coefficient (Wildman–Crippen LogP) is 4.75. The summed E-state index contributed by atoms with van der Waals surface area (Å²) in [5.74, 6) is 1.55. The number of methoxy groups -OCH3 is 1. The fourth-order valence-corrected chi connectivity index (χ4v) is 2.87. The zero-order chi connectivity index (χ0) is 20.3. The Morgan fingerprint density at radius 3 is 2.57 bits per heavy atom. The van der Waals surface area contributed by atoms with Crippen molar-refractivity contribution in [2.45, 2.75) is 34.3 Å². The molecule has 0 saturated carbocycles. The molecule has 1 aromatic heterocycles. The maximum atomic E-state index is 12.7. The van der Waals surface area contributed by atoms with Gasteiger partial charge in [0.15, 0.2) is 11.5 Å². The Kier molecular flexibility index (Phi) is 5.68. The molecule has 146 valence electrons. The number of hydrogen-bond donors (Lipinski definition) is 1. The number of aryl methyl sites for hydroxylation is 3. The first-order valence-electron chi connectivity index (χ1n) is 9.01. The molecule has 3 rings (SSSR count). The molecule has 0 bridgehead atoms. The Labute approximate surface area is 164 Å². The van der Waals surface area contributed by atoms with Crippen LogP contribution in [0.5, 0.6) is 11.5 Å². The number of nitrogens with zero attached hydrogens (tertiary/aromatic N) is 1. The van der Waals surface area contributed by atoms with E-state index in [-0.39, 0.29) is 5.91 Å². The number of anilines is 1. The number of amides is 1. The molecule has 6 nitrogen and oxygen atoms in total. The highest BCUT2D eigenvalue weighted by molar-refractivity contribution is 6.05. The molecule has 2 aromatic carbocycles. The molecule has 0 saturated heterocycles. The van der Waals surface area contributed by atoms with Gasteiger partial charge < -0.3 is 19.3 Å². The molecule has 1 N–H and O–H groups in total. The van der Waals surface area contributed by atoms with E-state index in [1.165, 1.54) is 0 Å². The van der Waals surface area contributed by atoms with E-state index in [9.17, 15) is 4.79 Å². The fourth-order valence-electron chi connectivity index (χ4n) is 2.87. The van der Waals surface area contributed by atoms with Gasteiger partial charge in [0.2, 0.25) is 0 Å². The number of benzene rings is 2. The average Bonchev–Trinajstić information content (AvgIpc) is 3.01. The van der Waals surface area contributed by atoms with Gasteiger partial charge in [0.1, 0.15) is 12.4 Å². The third-order valence-electron chi connectivity index (χ3n) is 4.83. The minimum absolute atomic E-state index is 0.204. The number of hydrogen-bond acceptors (Lipinski definition) is 5. The summed E-state index contributed by atoms with van der Waals surface area (Å²) in [5.41, 5.74) is 5.14. The van der Waals surface area contributed by atoms with Crippen LogP contribution in [0.15, 0.2) is 40.9 Å². The van der Waals surface area contributed by atoms with E-state index in [2.05, 4.69) is 10.5 Å². The lowest BCUT2D eigenvalue weighted by Gasteiger charge is -2.13. The summed E-state index contributed by atoms with van der Waals surface area (Å²) in [7, 11) is 1.55. The largest absolute Gasteiger partial charge is 0.493 e. The van der Waals surface area contributed by atoms with Gasteiger partial charge in [-0.25, -0.2) is 0 Å². The third-order valence-corrected chi connectivity index (χ3v) is 4.83. The van der Waals surface area contributed by atoms with Crippen molar-refractivity contribution in [2.75, 3.05) is 12.4 Å². The summed E-state index contributed by atoms with van der Waals surface area (Å²) in [6, 6.07) is 10.9. The summed E-state index contributed by atoms with van der Waals surface area (Å²) in [4.78, 5) is 12.7. The molecule has 3 aromatic rings. The third kappa shape index (κ3) is 4.01. The minimum Gasteiger partial charge on any atom is -0.493 e. The second-order valence-electron chi connectivity index (χ2n) is 6.66. The van der Waals surface area contributed by atoms with Crippen LogP contribution in [0.4, 0.5) is 5.69 Å². The second-order valence-corrected chi connectivity index (χ2v) is 6.66.